The summed E-state index contributed by atoms with van der Waals surface area (Å²) < 4.78 is 43.8. The molecule has 7 nitrogen and oxygen atoms in total. The number of furan rings is 1. The number of rotatable bonds is 10. The quantitative estimate of drug-likeness (QED) is 0.471. The molecule has 0 saturated carbocycles. The summed E-state index contributed by atoms with van der Waals surface area (Å²) in [5.74, 6) is 2.38. The molecule has 1 heterocycles. The predicted octanol–water partition coefficient (Wildman–Crippen LogP) is 4.58. The van der Waals surface area contributed by atoms with E-state index in [1.807, 2.05) is 13.0 Å². The van der Waals surface area contributed by atoms with Gasteiger partial charge in [-0.1, -0.05) is 0 Å². The number of benzene rings is 2. The van der Waals surface area contributed by atoms with E-state index in [4.69, 9.17) is 19.2 Å². The zero-order valence-electron chi connectivity index (χ0n) is 16.5. The second kappa shape index (κ2) is 9.96. The Kier molecular flexibility index (Phi) is 7.12. The number of hydrogen-bond acceptors (Lipinski definition) is 6. The van der Waals surface area contributed by atoms with E-state index in [1.54, 1.807) is 48.5 Å². The van der Waals surface area contributed by atoms with E-state index in [0.29, 0.717) is 23.9 Å². The fourth-order valence-electron chi connectivity index (χ4n) is 2.77. The van der Waals surface area contributed by atoms with Crippen LogP contribution in [0.3, 0.4) is 0 Å². The van der Waals surface area contributed by atoms with Gasteiger partial charge < -0.3 is 13.9 Å². The maximum Gasteiger partial charge on any atom is 0.243 e. The van der Waals surface area contributed by atoms with Gasteiger partial charge in [0.15, 0.2) is 0 Å². The van der Waals surface area contributed by atoms with E-state index in [9.17, 15) is 8.42 Å². The summed E-state index contributed by atoms with van der Waals surface area (Å²) in [5.41, 5.74) is 0. The Morgan fingerprint density at radius 3 is 2.20 bits per heavy atom. The lowest BCUT2D eigenvalue weighted by molar-refractivity contribution is 0.339. The fourth-order valence-corrected chi connectivity index (χ4v) is 4.18. The number of sulfonamides is 1. The van der Waals surface area contributed by atoms with Gasteiger partial charge in [0.2, 0.25) is 10.0 Å². The van der Waals surface area contributed by atoms with Crippen LogP contribution in [-0.2, 0) is 16.6 Å². The van der Waals surface area contributed by atoms with Crippen LogP contribution in [0.2, 0.25) is 0 Å². The van der Waals surface area contributed by atoms with Crippen LogP contribution in [0.15, 0.2) is 76.2 Å². The van der Waals surface area contributed by atoms with Crippen LogP contribution in [0.4, 0.5) is 0 Å². The summed E-state index contributed by atoms with van der Waals surface area (Å²) in [4.78, 5) is 0.117. The van der Waals surface area contributed by atoms with E-state index in [2.05, 4.69) is 0 Å². The minimum Gasteiger partial charge on any atom is -0.494 e. The van der Waals surface area contributed by atoms with Gasteiger partial charge in [0, 0.05) is 13.0 Å². The van der Waals surface area contributed by atoms with Gasteiger partial charge >= 0.3 is 0 Å². The topological polar surface area (TPSA) is 92.8 Å². The zero-order valence-corrected chi connectivity index (χ0v) is 17.3. The van der Waals surface area contributed by atoms with Crippen LogP contribution in [-0.4, -0.2) is 25.9 Å². The van der Waals surface area contributed by atoms with Crippen molar-refractivity contribution < 1.29 is 22.3 Å². The summed E-state index contributed by atoms with van der Waals surface area (Å²) in [6.07, 6.45) is 1.57. The lowest BCUT2D eigenvalue weighted by atomic mass is 10.3. The first-order valence-electron chi connectivity index (χ1n) is 9.43. The smallest absolute Gasteiger partial charge is 0.243 e. The highest BCUT2D eigenvalue weighted by Gasteiger charge is 2.25. The van der Waals surface area contributed by atoms with Crippen LogP contribution in [0.1, 0.15) is 19.1 Å². The van der Waals surface area contributed by atoms with E-state index in [-0.39, 0.29) is 24.4 Å². The van der Waals surface area contributed by atoms with E-state index < -0.39 is 10.0 Å². The zero-order chi connectivity index (χ0) is 21.4. The Hall–Kier alpha value is -3.28. The molecule has 3 aromatic rings. The van der Waals surface area contributed by atoms with Gasteiger partial charge in [0.1, 0.15) is 23.0 Å². The third kappa shape index (κ3) is 5.41. The first-order valence-corrected chi connectivity index (χ1v) is 10.9. The molecule has 0 aliphatic carbocycles. The summed E-state index contributed by atoms with van der Waals surface area (Å²) in [6, 6.07) is 18.7. The Balaban J connectivity index is 1.74. The molecule has 0 unspecified atom stereocenters. The third-order valence-electron chi connectivity index (χ3n) is 4.22. The van der Waals surface area contributed by atoms with Gasteiger partial charge in [0.25, 0.3) is 0 Å². The highest BCUT2D eigenvalue weighted by atomic mass is 32.2. The molecule has 8 heteroatoms. The first-order chi connectivity index (χ1) is 14.5. The van der Waals surface area contributed by atoms with E-state index in [0.717, 1.165) is 5.75 Å². The van der Waals surface area contributed by atoms with Crippen LogP contribution in [0.5, 0.6) is 17.2 Å². The van der Waals surface area contributed by atoms with Gasteiger partial charge in [-0.15, -0.1) is 0 Å². The van der Waals surface area contributed by atoms with Crippen molar-refractivity contribution in [2.75, 3.05) is 13.2 Å². The normalized spacial score (nSPS) is 11.2. The van der Waals surface area contributed by atoms with Gasteiger partial charge in [0.05, 0.1) is 30.4 Å². The van der Waals surface area contributed by atoms with Crippen molar-refractivity contribution in [3.8, 4) is 23.3 Å². The molecule has 30 heavy (non-hydrogen) atoms. The maximum atomic E-state index is 13.1. The summed E-state index contributed by atoms with van der Waals surface area (Å²) in [6.45, 7) is 2.63. The average Bonchev–Trinajstić information content (AvgIpc) is 3.26. The second-order valence-electron chi connectivity index (χ2n) is 6.30. The monoisotopic (exact) mass is 426 g/mol. The largest absolute Gasteiger partial charge is 0.494 e. The Bertz CT molecular complexity index is 1070. The van der Waals surface area contributed by atoms with Crippen molar-refractivity contribution in [1.29, 1.82) is 5.26 Å². The SMILES string of the molecule is CCOc1ccc(Oc2ccc(S(=O)(=O)N(CCC#N)Cc3ccco3)cc2)cc1. The molecule has 0 N–H and O–H groups in total. The van der Waals surface area contributed by atoms with Gasteiger partial charge in [-0.3, -0.25) is 0 Å². The molecule has 156 valence electrons. The van der Waals surface area contributed by atoms with Crippen LogP contribution in [0, 0.1) is 11.3 Å². The lowest BCUT2D eigenvalue weighted by Crippen LogP contribution is -2.31. The van der Waals surface area contributed by atoms with Crippen molar-refractivity contribution >= 4 is 10.0 Å². The van der Waals surface area contributed by atoms with Crippen LogP contribution in [0.25, 0.3) is 0 Å². The van der Waals surface area contributed by atoms with Gasteiger partial charge in [-0.2, -0.15) is 9.57 Å². The molecule has 1 aromatic heterocycles. The average molecular weight is 426 g/mol. The summed E-state index contributed by atoms with van der Waals surface area (Å²) in [5, 5.41) is 8.88. The molecule has 0 spiro atoms. The minimum absolute atomic E-state index is 0.0570. The van der Waals surface area contributed by atoms with Crippen molar-refractivity contribution in [2.45, 2.75) is 24.8 Å². The van der Waals surface area contributed by atoms with E-state index in [1.165, 1.54) is 22.7 Å². The van der Waals surface area contributed by atoms with Crippen molar-refractivity contribution in [3.05, 3.63) is 72.7 Å². The predicted molar refractivity (Wildman–Crippen MR) is 111 cm³/mol. The maximum absolute atomic E-state index is 13.1. The van der Waals surface area contributed by atoms with Crippen molar-refractivity contribution in [3.63, 3.8) is 0 Å². The number of nitrogens with zero attached hydrogens (tertiary/aromatic N) is 2. The number of nitriles is 1. The Morgan fingerprint density at radius 2 is 1.63 bits per heavy atom. The molecular weight excluding hydrogens is 404 g/mol. The van der Waals surface area contributed by atoms with Crippen LogP contribution >= 0.6 is 0 Å². The summed E-state index contributed by atoms with van der Waals surface area (Å²) in [7, 11) is -3.80. The molecule has 0 bridgehead atoms. The standard InChI is InChI=1S/C22H22N2O5S/c1-2-27-18-6-8-19(9-7-18)29-20-10-12-22(13-11-20)30(25,26)24(15-4-14-23)17-21-5-3-16-28-21/h3,5-13,16H,2,4,15,17H2,1H3. The Morgan fingerprint density at radius 1 is 1.00 bits per heavy atom. The number of ether oxygens (including phenoxy) is 2. The molecule has 0 aliphatic rings. The molecule has 3 rings (SSSR count). The Labute approximate surface area is 176 Å². The molecule has 0 amide bonds. The van der Waals surface area contributed by atoms with Crippen molar-refractivity contribution in [1.82, 2.24) is 4.31 Å². The van der Waals surface area contributed by atoms with Crippen molar-refractivity contribution in [2.24, 2.45) is 0 Å². The van der Waals surface area contributed by atoms with E-state index >= 15 is 0 Å². The molecule has 2 aromatic carbocycles. The minimum atomic E-state index is -3.80. The lowest BCUT2D eigenvalue weighted by Gasteiger charge is -2.20. The molecule has 0 aliphatic heterocycles. The molecular formula is C22H22N2O5S. The molecule has 0 radical (unpaired) electrons. The highest BCUT2D eigenvalue weighted by Crippen LogP contribution is 2.26. The highest BCUT2D eigenvalue weighted by molar-refractivity contribution is 7.89. The first kappa shape index (κ1) is 21.4. The van der Waals surface area contributed by atoms with Gasteiger partial charge in [-0.05, 0) is 67.6 Å². The van der Waals surface area contributed by atoms with Crippen LogP contribution < -0.4 is 9.47 Å². The number of hydrogen-bond donors (Lipinski definition) is 0. The second-order valence-corrected chi connectivity index (χ2v) is 8.24. The molecule has 0 fully saturated rings. The fraction of sp³-hybridized carbons (Fsp3) is 0.227. The molecule has 0 saturated heterocycles. The van der Waals surface area contributed by atoms with Gasteiger partial charge in [-0.25, -0.2) is 8.42 Å². The molecule has 0 atom stereocenters. The third-order valence-corrected chi connectivity index (χ3v) is 6.08. The summed E-state index contributed by atoms with van der Waals surface area (Å²) >= 11 is 0.